The summed E-state index contributed by atoms with van der Waals surface area (Å²) in [7, 11) is 0. The number of carbonyl (C=O) groups is 1. The van der Waals surface area contributed by atoms with Gasteiger partial charge in [0.15, 0.2) is 0 Å². The molecule has 16 heavy (non-hydrogen) atoms. The smallest absolute Gasteiger partial charge is 0.254 e. The minimum absolute atomic E-state index is 0.130. The van der Waals surface area contributed by atoms with Crippen LogP contribution in [-0.4, -0.2) is 28.9 Å². The van der Waals surface area contributed by atoms with Crippen LogP contribution in [0.3, 0.4) is 0 Å². The Balaban J connectivity index is 1.90. The lowest BCUT2D eigenvalue weighted by molar-refractivity contribution is 0.0948. The zero-order valence-electron chi connectivity index (χ0n) is 8.78. The van der Waals surface area contributed by atoms with Gasteiger partial charge in [-0.05, 0) is 29.9 Å². The van der Waals surface area contributed by atoms with Crippen LogP contribution in [0.5, 0.6) is 0 Å². The Kier molecular flexibility index (Phi) is 4.07. The van der Waals surface area contributed by atoms with Crippen molar-refractivity contribution in [2.24, 2.45) is 5.92 Å². The maximum absolute atomic E-state index is 11.8. The van der Waals surface area contributed by atoms with Gasteiger partial charge in [-0.2, -0.15) is 11.8 Å². The van der Waals surface area contributed by atoms with Gasteiger partial charge >= 0.3 is 0 Å². The Morgan fingerprint density at radius 1 is 1.69 bits per heavy atom. The number of carbonyl (C=O) groups excluding carboxylic acids is 1. The van der Waals surface area contributed by atoms with E-state index in [2.05, 4.69) is 10.3 Å². The SMILES string of the molecule is O=C(NCC1CCSC1)c1cnccc1Cl. The summed E-state index contributed by atoms with van der Waals surface area (Å²) in [5.41, 5.74) is 0.454. The van der Waals surface area contributed by atoms with Crippen molar-refractivity contribution in [3.05, 3.63) is 29.0 Å². The molecule has 1 aliphatic heterocycles. The third-order valence-electron chi connectivity index (χ3n) is 2.59. The lowest BCUT2D eigenvalue weighted by atomic mass is 10.1. The van der Waals surface area contributed by atoms with Gasteiger partial charge in [0, 0.05) is 18.9 Å². The van der Waals surface area contributed by atoms with Gasteiger partial charge in [-0.15, -0.1) is 0 Å². The van der Waals surface area contributed by atoms with Crippen molar-refractivity contribution in [1.29, 1.82) is 0 Å². The van der Waals surface area contributed by atoms with Crippen molar-refractivity contribution in [2.75, 3.05) is 18.1 Å². The van der Waals surface area contributed by atoms with E-state index < -0.39 is 0 Å². The highest BCUT2D eigenvalue weighted by Crippen LogP contribution is 2.22. The largest absolute Gasteiger partial charge is 0.352 e. The van der Waals surface area contributed by atoms with Gasteiger partial charge in [0.2, 0.25) is 0 Å². The summed E-state index contributed by atoms with van der Waals surface area (Å²) in [4.78, 5) is 15.7. The van der Waals surface area contributed by atoms with Crippen molar-refractivity contribution >= 4 is 29.3 Å². The van der Waals surface area contributed by atoms with Crippen LogP contribution in [0.1, 0.15) is 16.8 Å². The Bertz CT molecular complexity index is 380. The molecule has 0 bridgehead atoms. The van der Waals surface area contributed by atoms with E-state index >= 15 is 0 Å². The molecule has 1 unspecified atom stereocenters. The molecule has 1 fully saturated rings. The maximum Gasteiger partial charge on any atom is 0.254 e. The van der Waals surface area contributed by atoms with Gasteiger partial charge in [-0.3, -0.25) is 9.78 Å². The molecule has 0 aromatic carbocycles. The molecule has 1 amide bonds. The molecule has 0 spiro atoms. The van der Waals surface area contributed by atoms with E-state index in [9.17, 15) is 4.79 Å². The highest BCUT2D eigenvalue weighted by Gasteiger charge is 2.17. The first-order chi connectivity index (χ1) is 7.77. The number of thioether (sulfide) groups is 1. The second-order valence-electron chi connectivity index (χ2n) is 3.80. The molecule has 0 aliphatic carbocycles. The van der Waals surface area contributed by atoms with Crippen LogP contribution in [0, 0.1) is 5.92 Å². The highest BCUT2D eigenvalue weighted by atomic mass is 35.5. The maximum atomic E-state index is 11.8. The summed E-state index contributed by atoms with van der Waals surface area (Å²) in [6, 6.07) is 1.63. The lowest BCUT2D eigenvalue weighted by Crippen LogP contribution is -2.29. The van der Waals surface area contributed by atoms with Crippen molar-refractivity contribution in [3.63, 3.8) is 0 Å². The van der Waals surface area contributed by atoms with Gasteiger partial charge in [-0.1, -0.05) is 11.6 Å². The van der Waals surface area contributed by atoms with Crippen LogP contribution in [0.15, 0.2) is 18.5 Å². The van der Waals surface area contributed by atoms with E-state index in [1.807, 2.05) is 11.8 Å². The minimum atomic E-state index is -0.130. The summed E-state index contributed by atoms with van der Waals surface area (Å²) in [5, 5.41) is 3.36. The fourth-order valence-corrected chi connectivity index (χ4v) is 3.10. The van der Waals surface area contributed by atoms with E-state index in [0.29, 0.717) is 16.5 Å². The molecule has 86 valence electrons. The molecule has 1 N–H and O–H groups in total. The molecule has 1 aromatic rings. The number of hydrogen-bond donors (Lipinski definition) is 1. The van der Waals surface area contributed by atoms with Crippen molar-refractivity contribution in [2.45, 2.75) is 6.42 Å². The van der Waals surface area contributed by atoms with E-state index in [1.54, 1.807) is 12.3 Å². The molecule has 5 heteroatoms. The predicted octanol–water partition coefficient (Wildman–Crippen LogP) is 2.22. The molecule has 0 saturated carbocycles. The van der Waals surface area contributed by atoms with Crippen LogP contribution >= 0.6 is 23.4 Å². The van der Waals surface area contributed by atoms with Gasteiger partial charge < -0.3 is 5.32 Å². The number of hydrogen-bond acceptors (Lipinski definition) is 3. The summed E-state index contributed by atoms with van der Waals surface area (Å²) >= 11 is 7.85. The monoisotopic (exact) mass is 256 g/mol. The summed E-state index contributed by atoms with van der Waals surface area (Å²) in [6.45, 7) is 0.733. The van der Waals surface area contributed by atoms with Gasteiger partial charge in [0.1, 0.15) is 0 Å². The van der Waals surface area contributed by atoms with E-state index in [1.165, 1.54) is 18.4 Å². The topological polar surface area (TPSA) is 42.0 Å². The molecule has 1 aliphatic rings. The Hall–Kier alpha value is -0.740. The fourth-order valence-electron chi connectivity index (χ4n) is 1.62. The first-order valence-corrected chi connectivity index (χ1v) is 6.76. The molecule has 0 radical (unpaired) electrons. The van der Waals surface area contributed by atoms with Crippen LogP contribution in [0.2, 0.25) is 5.02 Å². The van der Waals surface area contributed by atoms with Gasteiger partial charge in [0.05, 0.1) is 10.6 Å². The fraction of sp³-hybridized carbons (Fsp3) is 0.455. The number of aromatic nitrogens is 1. The third-order valence-corrected chi connectivity index (χ3v) is 4.15. The summed E-state index contributed by atoms with van der Waals surface area (Å²) < 4.78 is 0. The van der Waals surface area contributed by atoms with E-state index in [-0.39, 0.29) is 5.91 Å². The zero-order valence-corrected chi connectivity index (χ0v) is 10.4. The average Bonchev–Trinajstić information content (AvgIpc) is 2.79. The molecule has 2 heterocycles. The number of nitrogens with zero attached hydrogens (tertiary/aromatic N) is 1. The Morgan fingerprint density at radius 3 is 3.25 bits per heavy atom. The van der Waals surface area contributed by atoms with Crippen LogP contribution in [-0.2, 0) is 0 Å². The Labute approximate surface area is 104 Å². The molecular formula is C11H13ClN2OS. The molecule has 2 rings (SSSR count). The van der Waals surface area contributed by atoms with Crippen LogP contribution in [0.4, 0.5) is 0 Å². The lowest BCUT2D eigenvalue weighted by Gasteiger charge is -2.10. The van der Waals surface area contributed by atoms with Crippen molar-refractivity contribution < 1.29 is 4.79 Å². The molecule has 1 aromatic heterocycles. The number of halogens is 1. The first-order valence-electron chi connectivity index (χ1n) is 5.23. The van der Waals surface area contributed by atoms with E-state index in [4.69, 9.17) is 11.6 Å². The standard InChI is InChI=1S/C11H13ClN2OS/c12-10-1-3-13-6-9(10)11(15)14-5-8-2-4-16-7-8/h1,3,6,8H,2,4-5,7H2,(H,14,15). The predicted molar refractivity (Wildman–Crippen MR) is 67.0 cm³/mol. The van der Waals surface area contributed by atoms with Crippen molar-refractivity contribution in [3.8, 4) is 0 Å². The highest BCUT2D eigenvalue weighted by molar-refractivity contribution is 7.99. The minimum Gasteiger partial charge on any atom is -0.352 e. The zero-order chi connectivity index (χ0) is 11.4. The van der Waals surface area contributed by atoms with E-state index in [0.717, 1.165) is 12.3 Å². The number of nitrogens with one attached hydrogen (secondary N) is 1. The number of rotatable bonds is 3. The van der Waals surface area contributed by atoms with Gasteiger partial charge in [0.25, 0.3) is 5.91 Å². The third kappa shape index (κ3) is 2.89. The molecule has 3 nitrogen and oxygen atoms in total. The van der Waals surface area contributed by atoms with Crippen LogP contribution < -0.4 is 5.32 Å². The molecule has 1 atom stereocenters. The normalized spacial score (nSPS) is 19.7. The average molecular weight is 257 g/mol. The molecular weight excluding hydrogens is 244 g/mol. The second kappa shape index (κ2) is 5.55. The van der Waals surface area contributed by atoms with Crippen molar-refractivity contribution in [1.82, 2.24) is 10.3 Å². The second-order valence-corrected chi connectivity index (χ2v) is 5.35. The molecule has 1 saturated heterocycles. The number of pyridine rings is 1. The first kappa shape index (κ1) is 11.7. The van der Waals surface area contributed by atoms with Crippen LogP contribution in [0.25, 0.3) is 0 Å². The summed E-state index contributed by atoms with van der Waals surface area (Å²) in [5.74, 6) is 2.81. The summed E-state index contributed by atoms with van der Waals surface area (Å²) in [6.07, 6.45) is 4.26. The Morgan fingerprint density at radius 2 is 2.56 bits per heavy atom. The van der Waals surface area contributed by atoms with Gasteiger partial charge in [-0.25, -0.2) is 0 Å². The number of amides is 1. The quantitative estimate of drug-likeness (QED) is 0.902.